The predicted molar refractivity (Wildman–Crippen MR) is 98.5 cm³/mol. The molecule has 1 heterocycles. The Hall–Kier alpha value is -2.83. The third-order valence-electron chi connectivity index (χ3n) is 4.47. The lowest BCUT2D eigenvalue weighted by Crippen LogP contribution is -2.36. The highest BCUT2D eigenvalue weighted by Gasteiger charge is 2.15. The second-order valence-corrected chi connectivity index (χ2v) is 6.53. The highest BCUT2D eigenvalue weighted by Crippen LogP contribution is 2.24. The zero-order chi connectivity index (χ0) is 20.0. The third-order valence-corrected chi connectivity index (χ3v) is 4.47. The molecule has 1 amide bonds. The van der Waals surface area contributed by atoms with Crippen molar-refractivity contribution in [2.45, 2.75) is 52.6 Å². The summed E-state index contributed by atoms with van der Waals surface area (Å²) in [7, 11) is 0. The molecule has 7 heteroatoms. The first kappa shape index (κ1) is 20.5. The standard InChI is InChI=1S/C20H25NO6/c1-12-13(2)20(25)27-17-11-15(8-9-16(12)17)26-14(3)19(24)21-10-6-4-5-7-18(22)23/h8-9,11,14H,4-7,10H2,1-3H3,(H,21,24)(H,22,23)/p-1/t14-/m1/s1. The fraction of sp³-hybridized carbons (Fsp3) is 0.450. The summed E-state index contributed by atoms with van der Waals surface area (Å²) in [5.74, 6) is -0.889. The van der Waals surface area contributed by atoms with Crippen LogP contribution in [0, 0.1) is 13.8 Å². The van der Waals surface area contributed by atoms with Crippen LogP contribution < -0.4 is 20.8 Å². The van der Waals surface area contributed by atoms with E-state index in [1.165, 1.54) is 0 Å². The van der Waals surface area contributed by atoms with E-state index >= 15 is 0 Å². The minimum absolute atomic E-state index is 0.0323. The van der Waals surface area contributed by atoms with E-state index in [-0.39, 0.29) is 18.0 Å². The van der Waals surface area contributed by atoms with Gasteiger partial charge in [0, 0.05) is 29.5 Å². The fourth-order valence-electron chi connectivity index (χ4n) is 2.69. The molecule has 27 heavy (non-hydrogen) atoms. The number of benzene rings is 1. The van der Waals surface area contributed by atoms with E-state index in [1.54, 1.807) is 32.0 Å². The van der Waals surface area contributed by atoms with Crippen molar-refractivity contribution in [1.82, 2.24) is 5.32 Å². The van der Waals surface area contributed by atoms with Crippen molar-refractivity contribution in [3.63, 3.8) is 0 Å². The van der Waals surface area contributed by atoms with E-state index in [0.717, 1.165) is 10.9 Å². The zero-order valence-electron chi connectivity index (χ0n) is 15.8. The summed E-state index contributed by atoms with van der Waals surface area (Å²) in [6.45, 7) is 5.66. The van der Waals surface area contributed by atoms with E-state index in [9.17, 15) is 19.5 Å². The first-order chi connectivity index (χ1) is 12.8. The minimum Gasteiger partial charge on any atom is -0.550 e. The van der Waals surface area contributed by atoms with Crippen LogP contribution in [0.2, 0.25) is 0 Å². The number of aryl methyl sites for hydroxylation is 1. The summed E-state index contributed by atoms with van der Waals surface area (Å²) in [4.78, 5) is 34.2. The number of nitrogens with one attached hydrogen (secondary N) is 1. The molecule has 0 aliphatic carbocycles. The molecule has 146 valence electrons. The van der Waals surface area contributed by atoms with Crippen molar-refractivity contribution >= 4 is 22.8 Å². The number of fused-ring (bicyclic) bond motifs is 1. The Bertz CT molecular complexity index is 886. The number of rotatable bonds is 9. The van der Waals surface area contributed by atoms with Gasteiger partial charge in [0.25, 0.3) is 5.91 Å². The van der Waals surface area contributed by atoms with Crippen molar-refractivity contribution < 1.29 is 23.8 Å². The molecule has 1 aromatic heterocycles. The van der Waals surface area contributed by atoms with E-state index in [2.05, 4.69) is 5.32 Å². The van der Waals surface area contributed by atoms with Crippen LogP contribution in [0.5, 0.6) is 5.75 Å². The molecule has 0 radical (unpaired) electrons. The highest BCUT2D eigenvalue weighted by molar-refractivity contribution is 5.83. The number of unbranched alkanes of at least 4 members (excludes halogenated alkanes) is 2. The third kappa shape index (κ3) is 5.57. The lowest BCUT2D eigenvalue weighted by atomic mass is 10.1. The van der Waals surface area contributed by atoms with Crippen LogP contribution in [0.4, 0.5) is 0 Å². The first-order valence-electron chi connectivity index (χ1n) is 8.98. The van der Waals surface area contributed by atoms with Crippen LogP contribution in [0.25, 0.3) is 11.0 Å². The number of carboxylic acids is 1. The van der Waals surface area contributed by atoms with Crippen LogP contribution >= 0.6 is 0 Å². The van der Waals surface area contributed by atoms with Crippen LogP contribution in [0.1, 0.15) is 43.7 Å². The summed E-state index contributed by atoms with van der Waals surface area (Å²) < 4.78 is 10.9. The van der Waals surface area contributed by atoms with Gasteiger partial charge in [0.05, 0.1) is 0 Å². The van der Waals surface area contributed by atoms with Gasteiger partial charge in [0.15, 0.2) is 6.10 Å². The van der Waals surface area contributed by atoms with Gasteiger partial charge >= 0.3 is 5.63 Å². The molecule has 1 N–H and O–H groups in total. The fourth-order valence-corrected chi connectivity index (χ4v) is 2.69. The molecule has 0 spiro atoms. The number of amides is 1. The molecular weight excluding hydrogens is 350 g/mol. The summed E-state index contributed by atoms with van der Waals surface area (Å²) in [5, 5.41) is 13.9. The minimum atomic E-state index is -1.06. The molecule has 7 nitrogen and oxygen atoms in total. The molecule has 0 saturated carbocycles. The van der Waals surface area contributed by atoms with Crippen molar-refractivity contribution in [3.8, 4) is 5.75 Å². The van der Waals surface area contributed by atoms with Gasteiger partial charge in [-0.3, -0.25) is 4.79 Å². The van der Waals surface area contributed by atoms with Crippen molar-refractivity contribution in [2.75, 3.05) is 6.54 Å². The molecule has 0 aliphatic rings. The molecule has 0 saturated heterocycles. The summed E-state index contributed by atoms with van der Waals surface area (Å²) >= 11 is 0. The topological polar surface area (TPSA) is 109 Å². The molecular formula is C20H24NO6-. The first-order valence-corrected chi connectivity index (χ1v) is 8.98. The quantitative estimate of drug-likeness (QED) is 0.527. The van der Waals surface area contributed by atoms with Crippen LogP contribution in [0.3, 0.4) is 0 Å². The zero-order valence-corrected chi connectivity index (χ0v) is 15.8. The second kappa shape index (κ2) is 9.21. The van der Waals surface area contributed by atoms with Gasteiger partial charge in [0.1, 0.15) is 11.3 Å². The van der Waals surface area contributed by atoms with Crippen LogP contribution in [-0.2, 0) is 9.59 Å². The molecule has 2 rings (SSSR count). The van der Waals surface area contributed by atoms with E-state index < -0.39 is 12.1 Å². The maximum absolute atomic E-state index is 12.1. The lowest BCUT2D eigenvalue weighted by Gasteiger charge is -2.15. The Kier molecular flexibility index (Phi) is 6.98. The Morgan fingerprint density at radius 2 is 1.93 bits per heavy atom. The summed E-state index contributed by atoms with van der Waals surface area (Å²) in [5.41, 5.74) is 1.46. The predicted octanol–water partition coefficient (Wildman–Crippen LogP) is 1.60. The van der Waals surface area contributed by atoms with E-state index in [0.29, 0.717) is 42.7 Å². The Morgan fingerprint density at radius 1 is 1.19 bits per heavy atom. The number of carbonyl (C=O) groups excluding carboxylic acids is 2. The second-order valence-electron chi connectivity index (χ2n) is 6.53. The summed E-state index contributed by atoms with van der Waals surface area (Å²) in [6, 6.07) is 5.14. The molecule has 0 bridgehead atoms. The van der Waals surface area contributed by atoms with Gasteiger partial charge in [0.2, 0.25) is 0 Å². The number of carboxylic acid groups (broad SMARTS) is 1. The normalized spacial score (nSPS) is 12.0. The molecule has 0 fully saturated rings. The summed E-state index contributed by atoms with van der Waals surface area (Å²) in [6.07, 6.45) is 1.23. The van der Waals surface area contributed by atoms with Gasteiger partial charge in [-0.05, 0) is 57.7 Å². The number of hydrogen-bond donors (Lipinski definition) is 1. The average molecular weight is 374 g/mol. The molecule has 1 aromatic carbocycles. The van der Waals surface area contributed by atoms with E-state index in [1.807, 2.05) is 6.92 Å². The van der Waals surface area contributed by atoms with Gasteiger partial charge < -0.3 is 24.4 Å². The molecule has 2 aromatic rings. The Balaban J connectivity index is 1.90. The highest BCUT2D eigenvalue weighted by atomic mass is 16.5. The Labute approximate surface area is 157 Å². The van der Waals surface area contributed by atoms with E-state index in [4.69, 9.17) is 9.15 Å². The van der Waals surface area contributed by atoms with Crippen LogP contribution in [-0.4, -0.2) is 24.5 Å². The van der Waals surface area contributed by atoms with Crippen molar-refractivity contribution in [2.24, 2.45) is 0 Å². The van der Waals surface area contributed by atoms with Crippen molar-refractivity contribution in [1.29, 1.82) is 0 Å². The van der Waals surface area contributed by atoms with Gasteiger partial charge in [-0.25, -0.2) is 4.79 Å². The van der Waals surface area contributed by atoms with Gasteiger partial charge in [-0.2, -0.15) is 0 Å². The maximum Gasteiger partial charge on any atom is 0.339 e. The van der Waals surface area contributed by atoms with Crippen molar-refractivity contribution in [3.05, 3.63) is 39.7 Å². The lowest BCUT2D eigenvalue weighted by molar-refractivity contribution is -0.305. The number of carbonyl (C=O) groups is 2. The smallest absolute Gasteiger partial charge is 0.339 e. The SMILES string of the molecule is Cc1c(C)c2ccc(O[C@H](C)C(=O)NCCCCCC(=O)[O-])cc2oc1=O. The average Bonchev–Trinajstić information content (AvgIpc) is 2.62. The molecule has 0 unspecified atom stereocenters. The largest absolute Gasteiger partial charge is 0.550 e. The molecule has 0 aliphatic heterocycles. The monoisotopic (exact) mass is 374 g/mol. The van der Waals surface area contributed by atoms with Crippen LogP contribution in [0.15, 0.2) is 27.4 Å². The maximum atomic E-state index is 12.1. The number of ether oxygens (including phenoxy) is 1. The van der Waals surface area contributed by atoms with Gasteiger partial charge in [-0.15, -0.1) is 0 Å². The number of aliphatic carboxylic acids is 1. The molecule has 1 atom stereocenters. The number of hydrogen-bond acceptors (Lipinski definition) is 6. The Morgan fingerprint density at radius 3 is 2.63 bits per heavy atom. The van der Waals surface area contributed by atoms with Gasteiger partial charge in [-0.1, -0.05) is 6.42 Å².